The van der Waals surface area contributed by atoms with Crippen LogP contribution in [0.1, 0.15) is 12.8 Å². The summed E-state index contributed by atoms with van der Waals surface area (Å²) in [6.07, 6.45) is 1.62. The van der Waals surface area contributed by atoms with Crippen molar-refractivity contribution in [2.45, 2.75) is 24.4 Å². The Kier molecular flexibility index (Phi) is 4.93. The summed E-state index contributed by atoms with van der Waals surface area (Å²) in [5.74, 6) is 3.57. The van der Waals surface area contributed by atoms with Gasteiger partial charge >= 0.3 is 0 Å². The first-order valence-corrected chi connectivity index (χ1v) is 9.34. The van der Waals surface area contributed by atoms with E-state index in [0.717, 1.165) is 17.3 Å². The molecule has 0 spiro atoms. The summed E-state index contributed by atoms with van der Waals surface area (Å²) >= 11 is 1.48. The molecule has 9 heteroatoms. The molecule has 0 aliphatic heterocycles. The van der Waals surface area contributed by atoms with Gasteiger partial charge in [0.15, 0.2) is 16.7 Å². The van der Waals surface area contributed by atoms with E-state index < -0.39 is 0 Å². The molecule has 27 heavy (non-hydrogen) atoms. The highest BCUT2D eigenvalue weighted by Gasteiger charge is 2.17. The van der Waals surface area contributed by atoms with Crippen LogP contribution in [-0.2, 0) is 12.3 Å². The molecule has 0 saturated heterocycles. The van der Waals surface area contributed by atoms with Crippen molar-refractivity contribution in [1.82, 2.24) is 24.9 Å². The molecule has 1 aromatic carbocycles. The molecule has 4 rings (SSSR count). The molecule has 8 nitrogen and oxygen atoms in total. The summed E-state index contributed by atoms with van der Waals surface area (Å²) in [6.45, 7) is 2.76. The maximum atomic E-state index is 5.43. The Morgan fingerprint density at radius 3 is 2.81 bits per heavy atom. The maximum absolute atomic E-state index is 5.43. The molecule has 0 radical (unpaired) electrons. The van der Waals surface area contributed by atoms with Crippen molar-refractivity contribution in [2.24, 2.45) is 0 Å². The molecule has 0 saturated carbocycles. The van der Waals surface area contributed by atoms with E-state index in [1.807, 2.05) is 47.9 Å². The van der Waals surface area contributed by atoms with E-state index in [2.05, 4.69) is 20.3 Å². The Morgan fingerprint density at radius 2 is 2.04 bits per heavy atom. The van der Waals surface area contributed by atoms with E-state index in [0.29, 0.717) is 34.8 Å². The third-order valence-electron chi connectivity index (χ3n) is 3.92. The van der Waals surface area contributed by atoms with Gasteiger partial charge in [0.05, 0.1) is 24.7 Å². The fourth-order valence-electron chi connectivity index (χ4n) is 2.65. The topological polar surface area (TPSA) is 92.0 Å². The van der Waals surface area contributed by atoms with Crippen molar-refractivity contribution in [2.75, 3.05) is 7.11 Å². The van der Waals surface area contributed by atoms with E-state index in [9.17, 15) is 0 Å². The average Bonchev–Trinajstić information content (AvgIpc) is 3.46. The van der Waals surface area contributed by atoms with Gasteiger partial charge in [-0.2, -0.15) is 4.98 Å². The quantitative estimate of drug-likeness (QED) is 0.444. The van der Waals surface area contributed by atoms with Crippen LogP contribution >= 0.6 is 11.8 Å². The molecule has 0 amide bonds. The van der Waals surface area contributed by atoms with Gasteiger partial charge in [0.1, 0.15) is 5.75 Å². The molecule has 0 fully saturated rings. The molecular weight excluding hydrogens is 366 g/mol. The third-order valence-corrected chi connectivity index (χ3v) is 4.87. The Bertz CT molecular complexity index is 1030. The van der Waals surface area contributed by atoms with Crippen molar-refractivity contribution in [1.29, 1.82) is 0 Å². The molecule has 0 bridgehead atoms. The minimum absolute atomic E-state index is 0.485. The predicted molar refractivity (Wildman–Crippen MR) is 99.2 cm³/mol. The second-order valence-corrected chi connectivity index (χ2v) is 6.47. The number of nitrogens with zero attached hydrogens (tertiary/aromatic N) is 5. The summed E-state index contributed by atoms with van der Waals surface area (Å²) in [6, 6.07) is 11.2. The number of para-hydroxylation sites is 1. The Hall–Kier alpha value is -3.07. The van der Waals surface area contributed by atoms with Crippen molar-refractivity contribution in [3.8, 4) is 28.7 Å². The van der Waals surface area contributed by atoms with E-state index in [1.54, 1.807) is 13.4 Å². The molecule has 3 aromatic heterocycles. The summed E-state index contributed by atoms with van der Waals surface area (Å²) in [5, 5.41) is 13.3. The Labute approximate surface area is 159 Å². The largest absolute Gasteiger partial charge is 0.496 e. The highest BCUT2D eigenvalue weighted by molar-refractivity contribution is 7.98. The molecule has 0 N–H and O–H groups in total. The standard InChI is InChI=1S/C18H17N5O3S/c1-3-23-17(14-9-6-10-25-14)20-21-18(23)27-11-15-19-16(22-26-15)12-7-4-5-8-13(12)24-2/h4-10H,3,11H2,1-2H3. The van der Waals surface area contributed by atoms with Crippen molar-refractivity contribution in [3.05, 3.63) is 48.6 Å². The Morgan fingerprint density at radius 1 is 1.15 bits per heavy atom. The molecule has 4 aromatic rings. The van der Waals surface area contributed by atoms with Crippen LogP contribution in [0.4, 0.5) is 0 Å². The van der Waals surface area contributed by atoms with Gasteiger partial charge in [-0.05, 0) is 31.2 Å². The highest BCUT2D eigenvalue weighted by atomic mass is 32.2. The lowest BCUT2D eigenvalue weighted by molar-refractivity contribution is 0.390. The zero-order chi connectivity index (χ0) is 18.6. The van der Waals surface area contributed by atoms with Crippen molar-refractivity contribution >= 4 is 11.8 Å². The molecular formula is C18H17N5O3S. The number of hydrogen-bond donors (Lipinski definition) is 0. The summed E-state index contributed by atoms with van der Waals surface area (Å²) in [7, 11) is 1.61. The molecule has 0 aliphatic carbocycles. The molecule has 0 atom stereocenters. The predicted octanol–water partition coefficient (Wildman–Crippen LogP) is 3.91. The first-order valence-electron chi connectivity index (χ1n) is 8.36. The molecule has 138 valence electrons. The minimum Gasteiger partial charge on any atom is -0.496 e. The number of ether oxygens (including phenoxy) is 1. The van der Waals surface area contributed by atoms with Crippen LogP contribution in [0.5, 0.6) is 5.75 Å². The first-order chi connectivity index (χ1) is 13.3. The van der Waals surface area contributed by atoms with Gasteiger partial charge in [0.2, 0.25) is 11.7 Å². The van der Waals surface area contributed by atoms with Gasteiger partial charge in [-0.1, -0.05) is 29.1 Å². The van der Waals surface area contributed by atoms with E-state index in [1.165, 1.54) is 11.8 Å². The van der Waals surface area contributed by atoms with Crippen molar-refractivity contribution in [3.63, 3.8) is 0 Å². The number of thioether (sulfide) groups is 1. The summed E-state index contributed by atoms with van der Waals surface area (Å²) in [5.41, 5.74) is 0.789. The minimum atomic E-state index is 0.485. The monoisotopic (exact) mass is 383 g/mol. The fraction of sp³-hybridized carbons (Fsp3) is 0.222. The second-order valence-electron chi connectivity index (χ2n) is 5.53. The van der Waals surface area contributed by atoms with Gasteiger partial charge < -0.3 is 13.7 Å². The first kappa shape index (κ1) is 17.3. The lowest BCUT2D eigenvalue weighted by atomic mass is 10.2. The number of methoxy groups -OCH3 is 1. The third kappa shape index (κ3) is 3.45. The summed E-state index contributed by atoms with van der Waals surface area (Å²) < 4.78 is 18.1. The van der Waals surface area contributed by atoms with Gasteiger partial charge in [-0.25, -0.2) is 0 Å². The summed E-state index contributed by atoms with van der Waals surface area (Å²) in [4.78, 5) is 4.46. The van der Waals surface area contributed by atoms with Crippen LogP contribution in [0, 0.1) is 0 Å². The van der Waals surface area contributed by atoms with Crippen LogP contribution in [0.2, 0.25) is 0 Å². The number of hydrogen-bond acceptors (Lipinski definition) is 8. The highest BCUT2D eigenvalue weighted by Crippen LogP contribution is 2.29. The van der Waals surface area contributed by atoms with Crippen LogP contribution in [0.15, 0.2) is 56.8 Å². The maximum Gasteiger partial charge on any atom is 0.237 e. The molecule has 0 unspecified atom stereocenters. The number of rotatable bonds is 7. The number of aromatic nitrogens is 5. The molecule has 3 heterocycles. The second kappa shape index (κ2) is 7.67. The van der Waals surface area contributed by atoms with Gasteiger partial charge in [0.25, 0.3) is 0 Å². The Balaban J connectivity index is 1.51. The molecule has 0 aliphatic rings. The van der Waals surface area contributed by atoms with Crippen LogP contribution in [-0.4, -0.2) is 32.0 Å². The van der Waals surface area contributed by atoms with Crippen LogP contribution < -0.4 is 4.74 Å². The van der Waals surface area contributed by atoms with Gasteiger partial charge in [-0.15, -0.1) is 10.2 Å². The van der Waals surface area contributed by atoms with E-state index in [-0.39, 0.29) is 0 Å². The van der Waals surface area contributed by atoms with E-state index in [4.69, 9.17) is 13.7 Å². The lowest BCUT2D eigenvalue weighted by Crippen LogP contribution is -1.99. The zero-order valence-corrected chi connectivity index (χ0v) is 15.6. The normalized spacial score (nSPS) is 11.0. The SMILES string of the molecule is CCn1c(SCc2nc(-c3ccccc3OC)no2)nnc1-c1ccco1. The van der Waals surface area contributed by atoms with Crippen LogP contribution in [0.3, 0.4) is 0 Å². The van der Waals surface area contributed by atoms with Gasteiger partial charge in [-0.3, -0.25) is 4.57 Å². The lowest BCUT2D eigenvalue weighted by Gasteiger charge is -2.04. The smallest absolute Gasteiger partial charge is 0.237 e. The average molecular weight is 383 g/mol. The zero-order valence-electron chi connectivity index (χ0n) is 14.8. The number of furan rings is 1. The van der Waals surface area contributed by atoms with Crippen molar-refractivity contribution < 1.29 is 13.7 Å². The van der Waals surface area contributed by atoms with E-state index >= 15 is 0 Å². The number of benzene rings is 1. The van der Waals surface area contributed by atoms with Crippen LogP contribution in [0.25, 0.3) is 23.0 Å². The van der Waals surface area contributed by atoms with Gasteiger partial charge in [0, 0.05) is 6.54 Å². The fourth-order valence-corrected chi connectivity index (χ4v) is 3.49.